The van der Waals surface area contributed by atoms with Gasteiger partial charge in [-0.05, 0) is 102 Å². The molecule has 0 fully saturated rings. The number of hydrogen-bond acceptors (Lipinski definition) is 2. The minimum atomic E-state index is 1.01. The Hall–Kier alpha value is -4.30. The molecule has 0 spiro atoms. The molecule has 0 aliphatic carbocycles. The lowest BCUT2D eigenvalue weighted by molar-refractivity contribution is 1.22. The third-order valence-electron chi connectivity index (χ3n) is 7.34. The van der Waals surface area contributed by atoms with Crippen LogP contribution in [0.3, 0.4) is 0 Å². The standard InChI is InChI=1S/C34H28N2/c1-21-13-14-29-30-12-7-15-35-34(30)19-32(31(29)16-21)28-11-6-10-27(24(28)4)25-8-5-9-26(18-25)33-17-22(2)23(3)20-36-33/h5-20H,1-4H3. The second kappa shape index (κ2) is 8.73. The first kappa shape index (κ1) is 22.2. The Labute approximate surface area is 212 Å². The van der Waals surface area contributed by atoms with E-state index in [1.54, 1.807) is 0 Å². The van der Waals surface area contributed by atoms with Crippen molar-refractivity contribution in [2.24, 2.45) is 0 Å². The lowest BCUT2D eigenvalue weighted by Crippen LogP contribution is -1.93. The van der Waals surface area contributed by atoms with Crippen LogP contribution >= 0.6 is 0 Å². The van der Waals surface area contributed by atoms with Crippen LogP contribution < -0.4 is 0 Å². The number of pyridine rings is 2. The molecule has 0 radical (unpaired) electrons. The van der Waals surface area contributed by atoms with Crippen LogP contribution in [0.4, 0.5) is 0 Å². The molecule has 0 aliphatic heterocycles. The second-order valence-corrected chi connectivity index (χ2v) is 9.76. The van der Waals surface area contributed by atoms with Crippen molar-refractivity contribution < 1.29 is 0 Å². The van der Waals surface area contributed by atoms with Gasteiger partial charge in [0.2, 0.25) is 0 Å². The van der Waals surface area contributed by atoms with Gasteiger partial charge < -0.3 is 0 Å². The molecule has 0 N–H and O–H groups in total. The molecule has 6 rings (SSSR count). The number of nitrogens with zero attached hydrogens (tertiary/aromatic N) is 2. The van der Waals surface area contributed by atoms with E-state index in [0.29, 0.717) is 0 Å². The average molecular weight is 465 g/mol. The van der Waals surface area contributed by atoms with Crippen molar-refractivity contribution in [2.75, 3.05) is 0 Å². The molecule has 174 valence electrons. The molecule has 2 heterocycles. The van der Waals surface area contributed by atoms with Crippen LogP contribution in [-0.2, 0) is 0 Å². The quantitative estimate of drug-likeness (QED) is 0.244. The van der Waals surface area contributed by atoms with E-state index < -0.39 is 0 Å². The smallest absolute Gasteiger partial charge is 0.0714 e. The van der Waals surface area contributed by atoms with Gasteiger partial charge in [-0.3, -0.25) is 9.97 Å². The molecule has 0 amide bonds. The van der Waals surface area contributed by atoms with E-state index in [1.165, 1.54) is 60.7 Å². The highest BCUT2D eigenvalue weighted by atomic mass is 14.7. The Kier molecular flexibility index (Phi) is 5.38. The van der Waals surface area contributed by atoms with Crippen molar-refractivity contribution in [2.45, 2.75) is 27.7 Å². The zero-order chi connectivity index (χ0) is 24.8. The predicted molar refractivity (Wildman–Crippen MR) is 152 cm³/mol. The van der Waals surface area contributed by atoms with Crippen molar-refractivity contribution in [3.63, 3.8) is 0 Å². The van der Waals surface area contributed by atoms with Crippen LogP contribution in [0.2, 0.25) is 0 Å². The Bertz CT molecular complexity index is 1780. The lowest BCUT2D eigenvalue weighted by Gasteiger charge is -2.16. The molecular formula is C34H28N2. The lowest BCUT2D eigenvalue weighted by atomic mass is 9.88. The summed E-state index contributed by atoms with van der Waals surface area (Å²) in [6, 6.07) is 30.7. The predicted octanol–water partition coefficient (Wildman–Crippen LogP) is 9.02. The first-order valence-corrected chi connectivity index (χ1v) is 12.4. The van der Waals surface area contributed by atoms with Crippen molar-refractivity contribution in [1.29, 1.82) is 0 Å². The van der Waals surface area contributed by atoms with Crippen molar-refractivity contribution in [1.82, 2.24) is 9.97 Å². The van der Waals surface area contributed by atoms with E-state index in [4.69, 9.17) is 9.97 Å². The van der Waals surface area contributed by atoms with Crippen molar-refractivity contribution in [3.8, 4) is 33.5 Å². The minimum absolute atomic E-state index is 1.01. The third kappa shape index (κ3) is 3.76. The summed E-state index contributed by atoms with van der Waals surface area (Å²) in [6.07, 6.45) is 3.84. The van der Waals surface area contributed by atoms with Gasteiger partial charge in [-0.1, -0.05) is 66.2 Å². The topological polar surface area (TPSA) is 25.8 Å². The summed E-state index contributed by atoms with van der Waals surface area (Å²) >= 11 is 0. The van der Waals surface area contributed by atoms with Gasteiger partial charge in [0.15, 0.2) is 0 Å². The minimum Gasteiger partial charge on any atom is -0.256 e. The molecule has 0 bridgehead atoms. The number of benzene rings is 4. The first-order chi connectivity index (χ1) is 17.5. The molecular weight excluding hydrogens is 436 g/mol. The second-order valence-electron chi connectivity index (χ2n) is 9.76. The third-order valence-corrected chi connectivity index (χ3v) is 7.34. The van der Waals surface area contributed by atoms with E-state index in [2.05, 4.69) is 107 Å². The number of fused-ring (bicyclic) bond motifs is 3. The van der Waals surface area contributed by atoms with Gasteiger partial charge in [0, 0.05) is 23.3 Å². The summed E-state index contributed by atoms with van der Waals surface area (Å²) in [7, 11) is 0. The maximum atomic E-state index is 4.70. The van der Waals surface area contributed by atoms with Gasteiger partial charge in [-0.15, -0.1) is 0 Å². The summed E-state index contributed by atoms with van der Waals surface area (Å²) in [6.45, 7) is 8.63. The van der Waals surface area contributed by atoms with E-state index in [0.717, 1.165) is 16.8 Å². The summed E-state index contributed by atoms with van der Waals surface area (Å²) in [5.41, 5.74) is 13.1. The Morgan fingerprint density at radius 3 is 2.19 bits per heavy atom. The zero-order valence-corrected chi connectivity index (χ0v) is 21.1. The van der Waals surface area contributed by atoms with Gasteiger partial charge in [0.25, 0.3) is 0 Å². The van der Waals surface area contributed by atoms with Crippen LogP contribution in [0.15, 0.2) is 97.3 Å². The molecule has 4 aromatic carbocycles. The molecule has 0 saturated heterocycles. The molecule has 2 heteroatoms. The van der Waals surface area contributed by atoms with Crippen LogP contribution in [0.25, 0.3) is 55.2 Å². The molecule has 6 aromatic rings. The molecule has 0 aliphatic rings. The van der Waals surface area contributed by atoms with Crippen LogP contribution in [0.1, 0.15) is 22.3 Å². The van der Waals surface area contributed by atoms with Crippen LogP contribution in [0, 0.1) is 27.7 Å². The SMILES string of the molecule is Cc1ccc2c(c1)c(-c1cccc(-c3cccc(-c4cc(C)c(C)cn4)c3)c1C)cc1ncccc12. The molecule has 2 nitrogen and oxygen atoms in total. The molecule has 0 unspecified atom stereocenters. The normalized spacial score (nSPS) is 11.3. The Morgan fingerprint density at radius 2 is 1.33 bits per heavy atom. The Balaban J connectivity index is 1.54. The highest BCUT2D eigenvalue weighted by molar-refractivity contribution is 6.13. The maximum absolute atomic E-state index is 4.70. The number of aromatic nitrogens is 2. The molecule has 0 atom stereocenters. The van der Waals surface area contributed by atoms with Crippen LogP contribution in [0.5, 0.6) is 0 Å². The summed E-state index contributed by atoms with van der Waals surface area (Å²) in [5.74, 6) is 0. The van der Waals surface area contributed by atoms with Crippen LogP contribution in [-0.4, -0.2) is 9.97 Å². The summed E-state index contributed by atoms with van der Waals surface area (Å²) in [4.78, 5) is 9.40. The maximum Gasteiger partial charge on any atom is 0.0714 e. The van der Waals surface area contributed by atoms with Gasteiger partial charge in [0.1, 0.15) is 0 Å². The highest BCUT2D eigenvalue weighted by Crippen LogP contribution is 2.39. The number of hydrogen-bond donors (Lipinski definition) is 0. The zero-order valence-electron chi connectivity index (χ0n) is 21.1. The summed E-state index contributed by atoms with van der Waals surface area (Å²) in [5, 5.41) is 3.70. The van der Waals surface area contributed by atoms with Gasteiger partial charge in [-0.25, -0.2) is 0 Å². The van der Waals surface area contributed by atoms with E-state index in [1.807, 2.05) is 18.5 Å². The number of aryl methyl sites for hydroxylation is 3. The molecule has 36 heavy (non-hydrogen) atoms. The fourth-order valence-corrected chi connectivity index (χ4v) is 5.18. The number of rotatable bonds is 3. The van der Waals surface area contributed by atoms with Crippen molar-refractivity contribution in [3.05, 3.63) is 120 Å². The Morgan fingerprint density at radius 1 is 0.528 bits per heavy atom. The van der Waals surface area contributed by atoms with E-state index in [-0.39, 0.29) is 0 Å². The summed E-state index contributed by atoms with van der Waals surface area (Å²) < 4.78 is 0. The molecule has 2 aromatic heterocycles. The van der Waals surface area contributed by atoms with Gasteiger partial charge in [0.05, 0.1) is 11.2 Å². The highest BCUT2D eigenvalue weighted by Gasteiger charge is 2.14. The van der Waals surface area contributed by atoms with Crippen molar-refractivity contribution >= 4 is 21.7 Å². The fraction of sp³-hybridized carbons (Fsp3) is 0.118. The van der Waals surface area contributed by atoms with E-state index in [9.17, 15) is 0 Å². The largest absolute Gasteiger partial charge is 0.256 e. The monoisotopic (exact) mass is 464 g/mol. The molecule has 0 saturated carbocycles. The first-order valence-electron chi connectivity index (χ1n) is 12.4. The van der Waals surface area contributed by atoms with E-state index >= 15 is 0 Å². The average Bonchev–Trinajstić information content (AvgIpc) is 2.90. The van der Waals surface area contributed by atoms with Gasteiger partial charge >= 0.3 is 0 Å². The fourth-order valence-electron chi connectivity index (χ4n) is 5.18. The van der Waals surface area contributed by atoms with Gasteiger partial charge in [-0.2, -0.15) is 0 Å².